The summed E-state index contributed by atoms with van der Waals surface area (Å²) in [7, 11) is 7.37. The number of methoxy groups -OCH3 is 5. The highest BCUT2D eigenvalue weighted by Gasteiger charge is 2.20. The Kier molecular flexibility index (Phi) is 12.9. The van der Waals surface area contributed by atoms with Gasteiger partial charge in [0.15, 0.2) is 34.5 Å². The molecule has 0 saturated carbocycles. The number of nitrogens with zero attached hydrogens (tertiary/aromatic N) is 1. The lowest BCUT2D eigenvalue weighted by molar-refractivity contribution is -0.121. The van der Waals surface area contributed by atoms with E-state index in [4.69, 9.17) is 33.2 Å². The van der Waals surface area contributed by atoms with Crippen LogP contribution in [0.15, 0.2) is 53.6 Å². The fourth-order valence-electron chi connectivity index (χ4n) is 4.08. The Morgan fingerprint density at radius 3 is 2.00 bits per heavy atom. The molecule has 3 aromatic carbocycles. The third kappa shape index (κ3) is 9.26. The number of carbonyl (C=O) groups excluding carboxylic acids is 3. The largest absolute Gasteiger partial charge is 0.493 e. The van der Waals surface area contributed by atoms with Crippen LogP contribution in [0.1, 0.15) is 46.0 Å². The predicted molar refractivity (Wildman–Crippen MR) is 166 cm³/mol. The second-order valence-electron chi connectivity index (χ2n) is 9.17. The van der Waals surface area contributed by atoms with E-state index in [-0.39, 0.29) is 36.1 Å². The van der Waals surface area contributed by atoms with E-state index in [9.17, 15) is 14.4 Å². The molecule has 45 heavy (non-hydrogen) atoms. The minimum atomic E-state index is -0.663. The van der Waals surface area contributed by atoms with Gasteiger partial charge in [-0.1, -0.05) is 0 Å². The molecule has 0 aliphatic heterocycles. The first kappa shape index (κ1) is 34.0. The van der Waals surface area contributed by atoms with Crippen molar-refractivity contribution in [1.29, 1.82) is 0 Å². The van der Waals surface area contributed by atoms with Crippen molar-refractivity contribution in [3.63, 3.8) is 0 Å². The number of benzene rings is 3. The minimum Gasteiger partial charge on any atom is -0.493 e. The van der Waals surface area contributed by atoms with E-state index in [1.807, 2.05) is 0 Å². The third-order valence-electron chi connectivity index (χ3n) is 6.29. The van der Waals surface area contributed by atoms with Gasteiger partial charge in [-0.25, -0.2) is 10.2 Å². The number of ether oxygens (including phenoxy) is 7. The van der Waals surface area contributed by atoms with Crippen LogP contribution in [-0.4, -0.2) is 72.7 Å². The van der Waals surface area contributed by atoms with Gasteiger partial charge in [-0.15, -0.1) is 0 Å². The zero-order valence-electron chi connectivity index (χ0n) is 26.1. The fourth-order valence-corrected chi connectivity index (χ4v) is 4.08. The number of hydrogen-bond acceptors (Lipinski definition) is 11. The summed E-state index contributed by atoms with van der Waals surface area (Å²) < 4.78 is 37.6. The second kappa shape index (κ2) is 17.0. The molecule has 0 spiro atoms. The first-order chi connectivity index (χ1) is 21.8. The number of esters is 1. The van der Waals surface area contributed by atoms with Gasteiger partial charge in [0.2, 0.25) is 11.7 Å². The molecular formula is C32H37N3O10. The topological polar surface area (TPSA) is 152 Å². The molecule has 0 unspecified atom stereocenters. The van der Waals surface area contributed by atoms with Crippen molar-refractivity contribution in [3.8, 4) is 40.2 Å². The average Bonchev–Trinajstić information content (AvgIpc) is 3.06. The Balaban J connectivity index is 1.54. The van der Waals surface area contributed by atoms with Gasteiger partial charge >= 0.3 is 5.97 Å². The number of rotatable bonds is 16. The Labute approximate surface area is 261 Å². The fraction of sp³-hybridized carbons (Fsp3) is 0.312. The lowest BCUT2D eigenvalue weighted by atomic mass is 10.1. The van der Waals surface area contributed by atoms with Crippen LogP contribution in [0.4, 0.5) is 0 Å². The van der Waals surface area contributed by atoms with E-state index in [1.165, 1.54) is 53.9 Å². The van der Waals surface area contributed by atoms with E-state index in [2.05, 4.69) is 15.8 Å². The standard InChI is InChI=1S/C32H37N3O10/c1-7-44-26-15-20(10-12-24(26)45-32(38)22-17-27(41-4)30(43-6)28(18-22)42-5)19-34-35-29(36)9-8-14-33-31(37)21-11-13-23(39-2)25(16-21)40-3/h10-13,15-19H,7-9,14H2,1-6H3,(H,33,37)(H,35,36). The Bertz CT molecular complexity index is 1500. The maximum absolute atomic E-state index is 13.0. The van der Waals surface area contributed by atoms with Gasteiger partial charge in [0, 0.05) is 18.5 Å². The van der Waals surface area contributed by atoms with Crippen molar-refractivity contribution in [2.45, 2.75) is 19.8 Å². The molecule has 0 saturated heterocycles. The predicted octanol–water partition coefficient (Wildman–Crippen LogP) is 4.01. The van der Waals surface area contributed by atoms with E-state index in [0.717, 1.165) is 0 Å². The van der Waals surface area contributed by atoms with Crippen LogP contribution in [0.25, 0.3) is 0 Å². The van der Waals surface area contributed by atoms with Crippen LogP contribution in [0.2, 0.25) is 0 Å². The summed E-state index contributed by atoms with van der Waals surface area (Å²) in [4.78, 5) is 37.6. The number of hydrazone groups is 1. The monoisotopic (exact) mass is 623 g/mol. The Morgan fingerprint density at radius 1 is 0.733 bits per heavy atom. The molecule has 3 aromatic rings. The van der Waals surface area contributed by atoms with E-state index in [1.54, 1.807) is 43.3 Å². The zero-order valence-corrected chi connectivity index (χ0v) is 26.1. The first-order valence-electron chi connectivity index (χ1n) is 13.9. The smallest absolute Gasteiger partial charge is 0.343 e. The second-order valence-corrected chi connectivity index (χ2v) is 9.17. The van der Waals surface area contributed by atoms with Crippen LogP contribution >= 0.6 is 0 Å². The molecule has 0 aliphatic rings. The van der Waals surface area contributed by atoms with Crippen molar-refractivity contribution < 1.29 is 47.5 Å². The number of carbonyl (C=O) groups is 3. The third-order valence-corrected chi connectivity index (χ3v) is 6.29. The van der Waals surface area contributed by atoms with Crippen molar-refractivity contribution >= 4 is 24.0 Å². The van der Waals surface area contributed by atoms with Gasteiger partial charge in [0.1, 0.15) is 0 Å². The quantitative estimate of drug-likeness (QED) is 0.0787. The first-order valence-corrected chi connectivity index (χ1v) is 13.9. The molecule has 13 nitrogen and oxygen atoms in total. The van der Waals surface area contributed by atoms with Crippen LogP contribution in [0, 0.1) is 0 Å². The summed E-state index contributed by atoms with van der Waals surface area (Å²) in [5.74, 6) is 1.14. The molecule has 0 heterocycles. The summed E-state index contributed by atoms with van der Waals surface area (Å²) in [6.45, 7) is 2.40. The minimum absolute atomic E-state index is 0.142. The molecule has 0 fully saturated rings. The summed E-state index contributed by atoms with van der Waals surface area (Å²) in [6, 6.07) is 12.7. The summed E-state index contributed by atoms with van der Waals surface area (Å²) in [6.07, 6.45) is 1.98. The van der Waals surface area contributed by atoms with Gasteiger partial charge in [-0.3, -0.25) is 9.59 Å². The number of amides is 2. The highest BCUT2D eigenvalue weighted by molar-refractivity contribution is 5.95. The van der Waals surface area contributed by atoms with Gasteiger partial charge in [0.05, 0.1) is 53.9 Å². The summed E-state index contributed by atoms with van der Waals surface area (Å²) >= 11 is 0. The van der Waals surface area contributed by atoms with E-state index >= 15 is 0 Å². The van der Waals surface area contributed by atoms with Crippen molar-refractivity contribution in [2.24, 2.45) is 5.10 Å². The molecule has 2 amide bonds. The summed E-state index contributed by atoms with van der Waals surface area (Å²) in [5.41, 5.74) is 3.64. The molecule has 0 radical (unpaired) electrons. The molecule has 0 bridgehead atoms. The maximum Gasteiger partial charge on any atom is 0.343 e. The van der Waals surface area contributed by atoms with Gasteiger partial charge in [-0.05, 0) is 67.4 Å². The van der Waals surface area contributed by atoms with Crippen LogP contribution in [0.5, 0.6) is 40.2 Å². The SMILES string of the molecule is CCOc1cc(C=NNC(=O)CCCNC(=O)c2ccc(OC)c(OC)c2)ccc1OC(=O)c1cc(OC)c(OC)c(OC)c1. The van der Waals surface area contributed by atoms with E-state index < -0.39 is 5.97 Å². The molecule has 240 valence electrons. The van der Waals surface area contributed by atoms with Crippen molar-refractivity contribution in [3.05, 3.63) is 65.2 Å². The highest BCUT2D eigenvalue weighted by atomic mass is 16.6. The normalized spacial score (nSPS) is 10.5. The lowest BCUT2D eigenvalue weighted by Crippen LogP contribution is -2.26. The molecule has 13 heteroatoms. The zero-order chi connectivity index (χ0) is 32.8. The van der Waals surface area contributed by atoms with Gasteiger partial charge in [0.25, 0.3) is 5.91 Å². The molecule has 3 rings (SSSR count). The molecule has 0 atom stereocenters. The Hall–Kier alpha value is -5.46. The number of hydrogen-bond donors (Lipinski definition) is 2. The molecule has 0 aliphatic carbocycles. The van der Waals surface area contributed by atoms with Crippen molar-refractivity contribution in [1.82, 2.24) is 10.7 Å². The summed E-state index contributed by atoms with van der Waals surface area (Å²) in [5, 5.41) is 6.76. The average molecular weight is 624 g/mol. The van der Waals surface area contributed by atoms with Gasteiger partial charge in [-0.2, -0.15) is 5.10 Å². The lowest BCUT2D eigenvalue weighted by Gasteiger charge is -2.15. The van der Waals surface area contributed by atoms with Crippen LogP contribution < -0.4 is 43.9 Å². The van der Waals surface area contributed by atoms with Crippen LogP contribution in [0.3, 0.4) is 0 Å². The molecular weight excluding hydrogens is 586 g/mol. The van der Waals surface area contributed by atoms with E-state index in [0.29, 0.717) is 58.7 Å². The van der Waals surface area contributed by atoms with Crippen molar-refractivity contribution in [2.75, 3.05) is 48.7 Å². The molecule has 2 N–H and O–H groups in total. The highest BCUT2D eigenvalue weighted by Crippen LogP contribution is 2.39. The van der Waals surface area contributed by atoms with Gasteiger partial charge < -0.3 is 38.5 Å². The molecule has 0 aromatic heterocycles. The maximum atomic E-state index is 13.0. The number of nitrogens with one attached hydrogen (secondary N) is 2. The van der Waals surface area contributed by atoms with Crippen LogP contribution in [-0.2, 0) is 4.79 Å². The Morgan fingerprint density at radius 2 is 1.38 bits per heavy atom.